The second kappa shape index (κ2) is 4.87. The highest BCUT2D eigenvalue weighted by atomic mass is 19.4. The topological polar surface area (TPSA) is 15.3 Å². The van der Waals surface area contributed by atoms with E-state index in [1.165, 1.54) is 25.7 Å². The lowest BCUT2D eigenvalue weighted by Crippen LogP contribution is -2.69. The van der Waals surface area contributed by atoms with Crippen molar-refractivity contribution in [2.75, 3.05) is 19.6 Å². The van der Waals surface area contributed by atoms with Crippen molar-refractivity contribution in [1.29, 1.82) is 0 Å². The summed E-state index contributed by atoms with van der Waals surface area (Å²) >= 11 is 0. The van der Waals surface area contributed by atoms with Crippen LogP contribution in [0.25, 0.3) is 0 Å². The smallest absolute Gasteiger partial charge is 0.308 e. The maximum atomic E-state index is 12.6. The molecular weight excluding hydrogens is 265 g/mol. The summed E-state index contributed by atoms with van der Waals surface area (Å²) in [5.74, 6) is 0.585. The van der Waals surface area contributed by atoms with Gasteiger partial charge in [-0.15, -0.1) is 0 Å². The normalized spacial score (nSPS) is 34.8. The fraction of sp³-hybridized carbons (Fsp3) is 1.00. The first-order valence-corrected chi connectivity index (χ1v) is 7.90. The lowest BCUT2D eigenvalue weighted by Gasteiger charge is -2.53. The van der Waals surface area contributed by atoms with Crippen LogP contribution in [0.1, 0.15) is 51.9 Å². The molecule has 1 heterocycles. The largest absolute Gasteiger partial charge is 0.390 e. The summed E-state index contributed by atoms with van der Waals surface area (Å²) in [7, 11) is 0. The van der Waals surface area contributed by atoms with Gasteiger partial charge in [-0.3, -0.25) is 4.90 Å². The van der Waals surface area contributed by atoms with E-state index in [-0.39, 0.29) is 17.6 Å². The van der Waals surface area contributed by atoms with Crippen molar-refractivity contribution in [3.05, 3.63) is 0 Å². The van der Waals surface area contributed by atoms with Crippen LogP contribution in [-0.2, 0) is 0 Å². The maximum absolute atomic E-state index is 12.6. The molecule has 0 aromatic heterocycles. The fourth-order valence-corrected chi connectivity index (χ4v) is 4.17. The average Bonchev–Trinajstić information content (AvgIpc) is 3.13. The summed E-state index contributed by atoms with van der Waals surface area (Å²) in [6.07, 6.45) is 2.29. The van der Waals surface area contributed by atoms with Crippen LogP contribution in [0, 0.1) is 5.92 Å². The van der Waals surface area contributed by atoms with E-state index >= 15 is 0 Å². The summed E-state index contributed by atoms with van der Waals surface area (Å²) in [6, 6.07) is 0. The van der Waals surface area contributed by atoms with Gasteiger partial charge in [0, 0.05) is 30.7 Å². The van der Waals surface area contributed by atoms with Crippen molar-refractivity contribution in [3.8, 4) is 0 Å². The second-order valence-electron chi connectivity index (χ2n) is 7.26. The number of piperazine rings is 1. The van der Waals surface area contributed by atoms with E-state index in [9.17, 15) is 13.2 Å². The van der Waals surface area contributed by atoms with E-state index in [0.717, 1.165) is 25.9 Å². The van der Waals surface area contributed by atoms with Crippen LogP contribution in [0.3, 0.4) is 0 Å². The molecule has 1 saturated heterocycles. The third kappa shape index (κ3) is 2.84. The zero-order chi connectivity index (χ0) is 14.4. The van der Waals surface area contributed by atoms with Crippen LogP contribution in [0.5, 0.6) is 0 Å². The molecule has 0 aromatic carbocycles. The van der Waals surface area contributed by atoms with Gasteiger partial charge in [0.15, 0.2) is 0 Å². The molecule has 5 heteroatoms. The van der Waals surface area contributed by atoms with Crippen LogP contribution in [0.2, 0.25) is 0 Å². The SMILES string of the molecule is CC1(C2CC2)CNC2(CCCC2)CN1CCC(F)(F)F. The van der Waals surface area contributed by atoms with Gasteiger partial charge in [-0.2, -0.15) is 13.2 Å². The number of alkyl halides is 3. The van der Waals surface area contributed by atoms with Gasteiger partial charge in [-0.05, 0) is 38.5 Å². The predicted molar refractivity (Wildman–Crippen MR) is 72.6 cm³/mol. The van der Waals surface area contributed by atoms with Gasteiger partial charge in [-0.1, -0.05) is 12.8 Å². The van der Waals surface area contributed by atoms with Crippen molar-refractivity contribution in [1.82, 2.24) is 10.2 Å². The van der Waals surface area contributed by atoms with Gasteiger partial charge in [0.05, 0.1) is 6.42 Å². The number of hydrogen-bond donors (Lipinski definition) is 1. The van der Waals surface area contributed by atoms with E-state index in [0.29, 0.717) is 5.92 Å². The molecule has 2 aliphatic carbocycles. The minimum atomic E-state index is -4.04. The molecule has 2 saturated carbocycles. The standard InChI is InChI=1S/C15H25F3N2/c1-13(12-4-5-12)10-19-14(6-2-3-7-14)11-20(13)9-8-15(16,17)18/h12,19H,2-11H2,1H3. The number of nitrogens with one attached hydrogen (secondary N) is 1. The number of nitrogens with zero attached hydrogens (tertiary/aromatic N) is 1. The molecular formula is C15H25F3N2. The molecule has 116 valence electrons. The zero-order valence-electron chi connectivity index (χ0n) is 12.2. The Bertz CT molecular complexity index is 359. The highest BCUT2D eigenvalue weighted by molar-refractivity contribution is 5.10. The maximum Gasteiger partial charge on any atom is 0.390 e. The molecule has 1 N–H and O–H groups in total. The van der Waals surface area contributed by atoms with E-state index in [1.54, 1.807) is 0 Å². The Labute approximate surface area is 119 Å². The molecule has 20 heavy (non-hydrogen) atoms. The zero-order valence-corrected chi connectivity index (χ0v) is 12.2. The predicted octanol–water partition coefficient (Wildman–Crippen LogP) is 3.33. The minimum absolute atomic E-state index is 0.0703. The first-order chi connectivity index (χ1) is 9.33. The molecule has 0 bridgehead atoms. The molecule has 0 radical (unpaired) electrons. The lowest BCUT2D eigenvalue weighted by atomic mass is 9.83. The Balaban J connectivity index is 1.72. The Morgan fingerprint density at radius 1 is 1.20 bits per heavy atom. The lowest BCUT2D eigenvalue weighted by molar-refractivity contribution is -0.144. The Morgan fingerprint density at radius 3 is 2.40 bits per heavy atom. The molecule has 3 aliphatic rings. The molecule has 2 nitrogen and oxygen atoms in total. The molecule has 0 amide bonds. The van der Waals surface area contributed by atoms with Gasteiger partial charge < -0.3 is 5.32 Å². The molecule has 1 atom stereocenters. The Hall–Kier alpha value is -0.290. The van der Waals surface area contributed by atoms with E-state index < -0.39 is 12.6 Å². The van der Waals surface area contributed by atoms with Crippen molar-refractivity contribution in [2.24, 2.45) is 5.92 Å². The van der Waals surface area contributed by atoms with Gasteiger partial charge in [-0.25, -0.2) is 0 Å². The highest BCUT2D eigenvalue weighted by Crippen LogP contribution is 2.47. The fourth-order valence-electron chi connectivity index (χ4n) is 4.17. The summed E-state index contributed by atoms with van der Waals surface area (Å²) < 4.78 is 37.8. The molecule has 0 aromatic rings. The summed E-state index contributed by atoms with van der Waals surface area (Å²) in [5.41, 5.74) is 0.0269. The van der Waals surface area contributed by atoms with Crippen LogP contribution in [-0.4, -0.2) is 41.8 Å². The van der Waals surface area contributed by atoms with Gasteiger partial charge >= 0.3 is 6.18 Å². The average molecular weight is 290 g/mol. The van der Waals surface area contributed by atoms with Crippen molar-refractivity contribution in [2.45, 2.75) is 69.1 Å². The summed E-state index contributed by atoms with van der Waals surface area (Å²) in [5, 5.41) is 3.71. The molecule has 3 rings (SSSR count). The Kier molecular flexibility index (Phi) is 3.57. The van der Waals surface area contributed by atoms with Gasteiger partial charge in [0.1, 0.15) is 0 Å². The van der Waals surface area contributed by atoms with Gasteiger partial charge in [0.2, 0.25) is 0 Å². The third-order valence-corrected chi connectivity index (χ3v) is 5.72. The van der Waals surface area contributed by atoms with E-state index in [4.69, 9.17) is 0 Å². The highest BCUT2D eigenvalue weighted by Gasteiger charge is 2.52. The van der Waals surface area contributed by atoms with Crippen LogP contribution in [0.15, 0.2) is 0 Å². The minimum Gasteiger partial charge on any atom is -0.308 e. The number of rotatable bonds is 3. The Morgan fingerprint density at radius 2 is 1.85 bits per heavy atom. The number of hydrogen-bond acceptors (Lipinski definition) is 2. The van der Waals surface area contributed by atoms with Crippen LogP contribution in [0.4, 0.5) is 13.2 Å². The van der Waals surface area contributed by atoms with Crippen molar-refractivity contribution >= 4 is 0 Å². The van der Waals surface area contributed by atoms with Crippen LogP contribution >= 0.6 is 0 Å². The molecule has 1 aliphatic heterocycles. The van der Waals surface area contributed by atoms with E-state index in [2.05, 4.69) is 17.1 Å². The number of halogens is 3. The van der Waals surface area contributed by atoms with Gasteiger partial charge in [0.25, 0.3) is 0 Å². The quantitative estimate of drug-likeness (QED) is 0.857. The summed E-state index contributed by atoms with van der Waals surface area (Å²) in [4.78, 5) is 2.17. The third-order valence-electron chi connectivity index (χ3n) is 5.72. The monoisotopic (exact) mass is 290 g/mol. The van der Waals surface area contributed by atoms with Crippen LogP contribution < -0.4 is 5.32 Å². The van der Waals surface area contributed by atoms with Crippen molar-refractivity contribution in [3.63, 3.8) is 0 Å². The summed E-state index contributed by atoms with van der Waals surface area (Å²) in [6.45, 7) is 3.99. The molecule has 1 unspecified atom stereocenters. The second-order valence-corrected chi connectivity index (χ2v) is 7.26. The first kappa shape index (κ1) is 14.6. The molecule has 3 fully saturated rings. The molecule has 1 spiro atoms. The van der Waals surface area contributed by atoms with E-state index in [1.807, 2.05) is 0 Å². The van der Waals surface area contributed by atoms with Crippen molar-refractivity contribution < 1.29 is 13.2 Å². The first-order valence-electron chi connectivity index (χ1n) is 7.90.